The van der Waals surface area contributed by atoms with Gasteiger partial charge in [0.05, 0.1) is 6.54 Å². The first-order valence-electron chi connectivity index (χ1n) is 6.84. The Labute approximate surface area is 118 Å². The molecule has 1 aliphatic carbocycles. The predicted octanol–water partition coefficient (Wildman–Crippen LogP) is 1.68. The minimum atomic E-state index is 0.124. The van der Waals surface area contributed by atoms with Crippen molar-refractivity contribution < 1.29 is 4.79 Å². The van der Waals surface area contributed by atoms with Crippen LogP contribution in [0.1, 0.15) is 31.1 Å². The van der Waals surface area contributed by atoms with Crippen LogP contribution in [0.3, 0.4) is 0 Å². The van der Waals surface area contributed by atoms with E-state index in [0.29, 0.717) is 12.6 Å². The minimum Gasteiger partial charge on any atom is -0.362 e. The Bertz CT molecular complexity index is 417. The quantitative estimate of drug-likeness (QED) is 0.761. The zero-order valence-corrected chi connectivity index (χ0v) is 12.4. The summed E-state index contributed by atoms with van der Waals surface area (Å²) in [6.45, 7) is 4.30. The Morgan fingerprint density at radius 3 is 3.05 bits per heavy atom. The number of anilines is 1. The maximum Gasteiger partial charge on any atom is 0.234 e. The van der Waals surface area contributed by atoms with Gasteiger partial charge in [0.15, 0.2) is 5.13 Å². The molecule has 2 rings (SSSR count). The molecule has 1 aromatic rings. The summed E-state index contributed by atoms with van der Waals surface area (Å²) in [7, 11) is 1.96. The van der Waals surface area contributed by atoms with Crippen molar-refractivity contribution in [2.45, 2.75) is 38.8 Å². The Kier molecular flexibility index (Phi) is 5.15. The molecule has 1 aliphatic rings. The van der Waals surface area contributed by atoms with Gasteiger partial charge in [-0.1, -0.05) is 6.92 Å². The highest BCUT2D eigenvalue weighted by Gasteiger charge is 2.23. The molecule has 1 amide bonds. The summed E-state index contributed by atoms with van der Waals surface area (Å²) in [5, 5.41) is 7.24. The number of hydrogen-bond donors (Lipinski definition) is 2. The standard InChI is InChI=1S/C13H22N4OS/c1-3-6-14-13-15-7-11(19-13)8-17(2)9-12(18)16-10-4-5-10/h7,10H,3-6,8-9H2,1-2H3,(H,14,15)(H,16,18). The molecule has 1 heterocycles. The molecule has 1 fully saturated rings. The molecule has 106 valence electrons. The Hall–Kier alpha value is -1.14. The van der Waals surface area contributed by atoms with E-state index in [1.54, 1.807) is 11.3 Å². The van der Waals surface area contributed by atoms with Crippen LogP contribution in [0.2, 0.25) is 0 Å². The van der Waals surface area contributed by atoms with E-state index < -0.39 is 0 Å². The number of hydrogen-bond acceptors (Lipinski definition) is 5. The summed E-state index contributed by atoms with van der Waals surface area (Å²) in [5.74, 6) is 0.124. The molecule has 1 aromatic heterocycles. The number of carbonyl (C=O) groups excluding carboxylic acids is 1. The number of carbonyl (C=O) groups is 1. The van der Waals surface area contributed by atoms with E-state index in [1.165, 1.54) is 4.88 Å². The van der Waals surface area contributed by atoms with Gasteiger partial charge in [-0.15, -0.1) is 11.3 Å². The van der Waals surface area contributed by atoms with E-state index >= 15 is 0 Å². The lowest BCUT2D eigenvalue weighted by Gasteiger charge is -2.14. The third-order valence-corrected chi connectivity index (χ3v) is 3.80. The number of nitrogens with zero attached hydrogens (tertiary/aromatic N) is 2. The monoisotopic (exact) mass is 282 g/mol. The first kappa shape index (κ1) is 14.3. The lowest BCUT2D eigenvalue weighted by atomic mass is 10.4. The van der Waals surface area contributed by atoms with Crippen molar-refractivity contribution in [3.8, 4) is 0 Å². The van der Waals surface area contributed by atoms with Crippen molar-refractivity contribution in [2.75, 3.05) is 25.5 Å². The van der Waals surface area contributed by atoms with Crippen LogP contribution in [-0.4, -0.2) is 42.0 Å². The maximum absolute atomic E-state index is 11.7. The molecule has 0 aliphatic heterocycles. The topological polar surface area (TPSA) is 57.3 Å². The van der Waals surface area contributed by atoms with Gasteiger partial charge >= 0.3 is 0 Å². The normalized spacial score (nSPS) is 14.7. The summed E-state index contributed by atoms with van der Waals surface area (Å²) < 4.78 is 0. The molecule has 6 heteroatoms. The fraction of sp³-hybridized carbons (Fsp3) is 0.692. The second-order valence-corrected chi connectivity index (χ2v) is 6.19. The molecule has 1 saturated carbocycles. The van der Waals surface area contributed by atoms with Crippen LogP contribution in [0.4, 0.5) is 5.13 Å². The van der Waals surface area contributed by atoms with E-state index in [9.17, 15) is 4.79 Å². The van der Waals surface area contributed by atoms with Crippen LogP contribution in [0, 0.1) is 0 Å². The zero-order valence-electron chi connectivity index (χ0n) is 11.6. The second kappa shape index (κ2) is 6.86. The molecule has 0 aromatic carbocycles. The van der Waals surface area contributed by atoms with Gasteiger partial charge in [0, 0.05) is 30.2 Å². The third-order valence-electron chi connectivity index (χ3n) is 2.86. The number of rotatable bonds is 8. The van der Waals surface area contributed by atoms with Gasteiger partial charge in [-0.3, -0.25) is 9.69 Å². The van der Waals surface area contributed by atoms with Crippen molar-refractivity contribution in [3.63, 3.8) is 0 Å². The summed E-state index contributed by atoms with van der Waals surface area (Å²) in [5.41, 5.74) is 0. The smallest absolute Gasteiger partial charge is 0.234 e. The first-order valence-corrected chi connectivity index (χ1v) is 7.65. The molecular formula is C13H22N4OS. The number of likely N-dealkylation sites (N-methyl/N-ethyl adjacent to an activating group) is 1. The van der Waals surface area contributed by atoms with Crippen LogP contribution in [0.15, 0.2) is 6.20 Å². The average molecular weight is 282 g/mol. The zero-order chi connectivity index (χ0) is 13.7. The Balaban J connectivity index is 1.72. The fourth-order valence-electron chi connectivity index (χ4n) is 1.76. The van der Waals surface area contributed by atoms with E-state index in [-0.39, 0.29) is 5.91 Å². The molecular weight excluding hydrogens is 260 g/mol. The molecule has 0 saturated heterocycles. The van der Waals surface area contributed by atoms with Crippen molar-refractivity contribution in [1.29, 1.82) is 0 Å². The largest absolute Gasteiger partial charge is 0.362 e. The fourth-order valence-corrected chi connectivity index (χ4v) is 2.68. The number of nitrogens with one attached hydrogen (secondary N) is 2. The highest BCUT2D eigenvalue weighted by Crippen LogP contribution is 2.20. The van der Waals surface area contributed by atoms with Crippen molar-refractivity contribution in [1.82, 2.24) is 15.2 Å². The summed E-state index contributed by atoms with van der Waals surface area (Å²) in [6, 6.07) is 0.439. The third kappa shape index (κ3) is 5.16. The van der Waals surface area contributed by atoms with Crippen molar-refractivity contribution >= 4 is 22.4 Å². The Morgan fingerprint density at radius 1 is 1.58 bits per heavy atom. The van der Waals surface area contributed by atoms with Gasteiger partial charge in [0.2, 0.25) is 5.91 Å². The van der Waals surface area contributed by atoms with E-state index in [2.05, 4.69) is 22.5 Å². The molecule has 0 atom stereocenters. The van der Waals surface area contributed by atoms with Gasteiger partial charge in [0.25, 0.3) is 0 Å². The highest BCUT2D eigenvalue weighted by atomic mass is 32.1. The van der Waals surface area contributed by atoms with Crippen LogP contribution < -0.4 is 10.6 Å². The Morgan fingerprint density at radius 2 is 2.37 bits per heavy atom. The predicted molar refractivity (Wildman–Crippen MR) is 78.4 cm³/mol. The van der Waals surface area contributed by atoms with E-state index in [1.807, 2.05) is 18.1 Å². The second-order valence-electron chi connectivity index (χ2n) is 5.07. The molecule has 19 heavy (non-hydrogen) atoms. The molecule has 2 N–H and O–H groups in total. The number of thiazole rings is 1. The van der Waals surface area contributed by atoms with Gasteiger partial charge < -0.3 is 10.6 Å². The van der Waals surface area contributed by atoms with Crippen LogP contribution >= 0.6 is 11.3 Å². The SMILES string of the molecule is CCCNc1ncc(CN(C)CC(=O)NC2CC2)s1. The minimum absolute atomic E-state index is 0.124. The molecule has 0 radical (unpaired) electrons. The van der Waals surface area contributed by atoms with Crippen LogP contribution in [0.25, 0.3) is 0 Å². The van der Waals surface area contributed by atoms with Crippen molar-refractivity contribution in [2.24, 2.45) is 0 Å². The number of aromatic nitrogens is 1. The summed E-state index contributed by atoms with van der Waals surface area (Å²) in [6.07, 6.45) is 5.25. The molecule has 0 bridgehead atoms. The van der Waals surface area contributed by atoms with Gasteiger partial charge in [0.1, 0.15) is 0 Å². The number of amides is 1. The maximum atomic E-state index is 11.7. The average Bonchev–Trinajstić information content (AvgIpc) is 3.04. The lowest BCUT2D eigenvalue weighted by molar-refractivity contribution is -0.122. The van der Waals surface area contributed by atoms with Crippen LogP contribution in [-0.2, 0) is 11.3 Å². The molecule has 5 nitrogen and oxygen atoms in total. The first-order chi connectivity index (χ1) is 9.17. The van der Waals surface area contributed by atoms with Crippen LogP contribution in [0.5, 0.6) is 0 Å². The summed E-state index contributed by atoms with van der Waals surface area (Å²) in [4.78, 5) is 19.2. The van der Waals surface area contributed by atoms with Gasteiger partial charge in [-0.05, 0) is 26.3 Å². The van der Waals surface area contributed by atoms with Gasteiger partial charge in [-0.2, -0.15) is 0 Å². The molecule has 0 unspecified atom stereocenters. The van der Waals surface area contributed by atoms with E-state index in [4.69, 9.17) is 0 Å². The molecule has 0 spiro atoms. The lowest BCUT2D eigenvalue weighted by Crippen LogP contribution is -2.35. The van der Waals surface area contributed by atoms with Gasteiger partial charge in [-0.25, -0.2) is 4.98 Å². The highest BCUT2D eigenvalue weighted by molar-refractivity contribution is 7.15. The van der Waals surface area contributed by atoms with E-state index in [0.717, 1.165) is 37.5 Å². The summed E-state index contributed by atoms with van der Waals surface area (Å²) >= 11 is 1.66. The van der Waals surface area contributed by atoms with Crippen molar-refractivity contribution in [3.05, 3.63) is 11.1 Å².